The highest BCUT2D eigenvalue weighted by atomic mass is 19.4. The lowest BCUT2D eigenvalue weighted by Crippen LogP contribution is -2.49. The van der Waals surface area contributed by atoms with E-state index in [0.717, 1.165) is 12.1 Å². The number of alkyl halides is 3. The largest absolute Gasteiger partial charge is 0.497 e. The number of ether oxygens (including phenoxy) is 1. The Balaban J connectivity index is 1.45. The lowest BCUT2D eigenvalue weighted by molar-refractivity contribution is -0.137. The minimum atomic E-state index is -4.42. The number of hydrogen-bond acceptors (Lipinski definition) is 5. The van der Waals surface area contributed by atoms with Crippen molar-refractivity contribution >= 4 is 11.9 Å². The average molecular weight is 442 g/mol. The maximum atomic E-state index is 13.0. The first kappa shape index (κ1) is 21.6. The van der Waals surface area contributed by atoms with Crippen LogP contribution in [0.25, 0.3) is 11.3 Å². The highest BCUT2D eigenvalue weighted by molar-refractivity contribution is 5.94. The lowest BCUT2D eigenvalue weighted by Gasteiger charge is -2.34. The first-order valence-corrected chi connectivity index (χ1v) is 10.0. The van der Waals surface area contributed by atoms with E-state index in [4.69, 9.17) is 4.74 Å². The molecule has 1 aromatic heterocycles. The van der Waals surface area contributed by atoms with E-state index in [9.17, 15) is 18.0 Å². The number of methoxy groups -OCH3 is 1. The van der Waals surface area contributed by atoms with Gasteiger partial charge in [-0.3, -0.25) is 4.79 Å². The van der Waals surface area contributed by atoms with Gasteiger partial charge in [0.1, 0.15) is 5.75 Å². The molecule has 166 valence electrons. The van der Waals surface area contributed by atoms with Crippen molar-refractivity contribution < 1.29 is 22.7 Å². The summed E-state index contributed by atoms with van der Waals surface area (Å²) < 4.78 is 44.2. The van der Waals surface area contributed by atoms with Crippen LogP contribution < -0.4 is 9.64 Å². The third-order valence-electron chi connectivity index (χ3n) is 5.32. The molecule has 1 fully saturated rings. The van der Waals surface area contributed by atoms with Crippen LogP contribution in [-0.2, 0) is 6.18 Å². The lowest BCUT2D eigenvalue weighted by atomic mass is 10.1. The summed E-state index contributed by atoms with van der Waals surface area (Å²) in [5, 5.41) is 0. The molecule has 0 radical (unpaired) electrons. The zero-order chi connectivity index (χ0) is 22.7. The first-order chi connectivity index (χ1) is 15.3. The van der Waals surface area contributed by atoms with Crippen molar-refractivity contribution in [3.8, 4) is 17.0 Å². The quantitative estimate of drug-likeness (QED) is 0.608. The van der Waals surface area contributed by atoms with Crippen LogP contribution in [0.3, 0.4) is 0 Å². The van der Waals surface area contributed by atoms with E-state index in [-0.39, 0.29) is 5.91 Å². The maximum Gasteiger partial charge on any atom is 0.416 e. The molecule has 1 saturated heterocycles. The van der Waals surface area contributed by atoms with Gasteiger partial charge in [-0.2, -0.15) is 13.2 Å². The molecule has 1 amide bonds. The fraction of sp³-hybridized carbons (Fsp3) is 0.261. The van der Waals surface area contributed by atoms with Crippen LogP contribution in [0.5, 0.6) is 5.75 Å². The predicted octanol–water partition coefficient (Wildman–Crippen LogP) is 4.13. The van der Waals surface area contributed by atoms with Gasteiger partial charge in [0.05, 0.1) is 18.4 Å². The van der Waals surface area contributed by atoms with Gasteiger partial charge in [-0.15, -0.1) is 0 Å². The van der Waals surface area contributed by atoms with Crippen molar-refractivity contribution in [2.24, 2.45) is 0 Å². The fourth-order valence-electron chi connectivity index (χ4n) is 3.54. The van der Waals surface area contributed by atoms with Gasteiger partial charge in [0.25, 0.3) is 5.91 Å². The van der Waals surface area contributed by atoms with Crippen molar-refractivity contribution in [2.75, 3.05) is 38.2 Å². The summed E-state index contributed by atoms with van der Waals surface area (Å²) in [7, 11) is 1.57. The Labute approximate surface area is 183 Å². The van der Waals surface area contributed by atoms with Crippen LogP contribution in [0.15, 0.2) is 60.8 Å². The molecule has 1 aliphatic rings. The number of carbonyl (C=O) groups is 1. The number of nitrogens with zero attached hydrogens (tertiary/aromatic N) is 4. The molecule has 6 nitrogen and oxygen atoms in total. The van der Waals surface area contributed by atoms with E-state index in [1.165, 1.54) is 12.3 Å². The second-order valence-electron chi connectivity index (χ2n) is 7.33. The number of hydrogen-bond donors (Lipinski definition) is 0. The molecule has 0 N–H and O–H groups in total. The van der Waals surface area contributed by atoms with E-state index in [1.807, 2.05) is 4.90 Å². The SMILES string of the molecule is COc1ccc(C(=O)N2CCN(c3nccc(-c4cccc(C(F)(F)F)c4)n3)CC2)cc1. The predicted molar refractivity (Wildman–Crippen MR) is 114 cm³/mol. The monoisotopic (exact) mass is 442 g/mol. The molecule has 32 heavy (non-hydrogen) atoms. The molecular weight excluding hydrogens is 421 g/mol. The molecule has 2 aromatic carbocycles. The fourth-order valence-corrected chi connectivity index (χ4v) is 3.54. The Morgan fingerprint density at radius 2 is 1.72 bits per heavy atom. The van der Waals surface area contributed by atoms with E-state index < -0.39 is 11.7 Å². The number of benzene rings is 2. The molecule has 0 atom stereocenters. The molecule has 1 aliphatic heterocycles. The molecule has 3 aromatic rings. The molecule has 0 unspecified atom stereocenters. The Kier molecular flexibility index (Phi) is 5.98. The highest BCUT2D eigenvalue weighted by Gasteiger charge is 2.30. The Bertz CT molecular complexity index is 1090. The van der Waals surface area contributed by atoms with E-state index in [1.54, 1.807) is 48.4 Å². The highest BCUT2D eigenvalue weighted by Crippen LogP contribution is 2.32. The maximum absolute atomic E-state index is 13.0. The molecule has 2 heterocycles. The molecule has 4 rings (SSSR count). The van der Waals surface area contributed by atoms with Crippen molar-refractivity contribution in [1.82, 2.24) is 14.9 Å². The van der Waals surface area contributed by atoms with Crippen molar-refractivity contribution in [3.63, 3.8) is 0 Å². The van der Waals surface area contributed by atoms with Crippen LogP contribution in [0.2, 0.25) is 0 Å². The molecule has 0 saturated carbocycles. The topological polar surface area (TPSA) is 58.6 Å². The van der Waals surface area contributed by atoms with E-state index in [2.05, 4.69) is 9.97 Å². The second-order valence-corrected chi connectivity index (χ2v) is 7.33. The smallest absolute Gasteiger partial charge is 0.416 e. The molecule has 0 aliphatic carbocycles. The van der Waals surface area contributed by atoms with Crippen LogP contribution >= 0.6 is 0 Å². The summed E-state index contributed by atoms with van der Waals surface area (Å²) >= 11 is 0. The summed E-state index contributed by atoms with van der Waals surface area (Å²) in [6, 6.07) is 13.6. The molecule has 0 spiro atoms. The summed E-state index contributed by atoms with van der Waals surface area (Å²) in [5.74, 6) is 1.05. The zero-order valence-corrected chi connectivity index (χ0v) is 17.3. The van der Waals surface area contributed by atoms with Gasteiger partial charge in [-0.05, 0) is 42.5 Å². The number of carbonyl (C=O) groups excluding carboxylic acids is 1. The number of rotatable bonds is 4. The van der Waals surface area contributed by atoms with Crippen molar-refractivity contribution in [1.29, 1.82) is 0 Å². The van der Waals surface area contributed by atoms with Crippen molar-refractivity contribution in [3.05, 3.63) is 71.9 Å². The van der Waals surface area contributed by atoms with Crippen LogP contribution in [-0.4, -0.2) is 54.1 Å². The number of amides is 1. The number of halogens is 3. The van der Waals surface area contributed by atoms with Crippen LogP contribution in [0.1, 0.15) is 15.9 Å². The van der Waals surface area contributed by atoms with Crippen LogP contribution in [0.4, 0.5) is 19.1 Å². The van der Waals surface area contributed by atoms with Crippen LogP contribution in [0, 0.1) is 0 Å². The standard InChI is InChI=1S/C23H21F3N4O2/c1-32-19-7-5-16(6-8-19)21(31)29-11-13-30(14-12-29)22-27-10-9-20(28-22)17-3-2-4-18(15-17)23(24,25)26/h2-10,15H,11-14H2,1H3. The Morgan fingerprint density at radius 1 is 1.00 bits per heavy atom. The summed E-state index contributed by atoms with van der Waals surface area (Å²) in [6.45, 7) is 2.02. The minimum absolute atomic E-state index is 0.0639. The van der Waals surface area contributed by atoms with Gasteiger partial charge >= 0.3 is 6.18 Å². The third kappa shape index (κ3) is 4.66. The van der Waals surface area contributed by atoms with Gasteiger partial charge in [0.2, 0.25) is 5.95 Å². The summed E-state index contributed by atoms with van der Waals surface area (Å²) in [5.41, 5.74) is 0.650. The zero-order valence-electron chi connectivity index (χ0n) is 17.3. The Morgan fingerprint density at radius 3 is 2.38 bits per heavy atom. The summed E-state index contributed by atoms with van der Waals surface area (Å²) in [6.07, 6.45) is -2.88. The Hall–Kier alpha value is -3.62. The third-order valence-corrected chi connectivity index (χ3v) is 5.32. The molecule has 9 heteroatoms. The van der Waals surface area contributed by atoms with Gasteiger partial charge < -0.3 is 14.5 Å². The normalized spacial score (nSPS) is 14.4. The van der Waals surface area contributed by atoms with Gasteiger partial charge in [-0.25, -0.2) is 9.97 Å². The van der Waals surface area contributed by atoms with Gasteiger partial charge in [0.15, 0.2) is 0 Å². The second kappa shape index (κ2) is 8.86. The summed E-state index contributed by atoms with van der Waals surface area (Å²) in [4.78, 5) is 25.2. The molecular formula is C23H21F3N4O2. The van der Waals surface area contributed by atoms with E-state index >= 15 is 0 Å². The van der Waals surface area contributed by atoms with E-state index in [0.29, 0.717) is 54.7 Å². The number of anilines is 1. The number of piperazine rings is 1. The van der Waals surface area contributed by atoms with Gasteiger partial charge in [-0.1, -0.05) is 12.1 Å². The van der Waals surface area contributed by atoms with Gasteiger partial charge in [0, 0.05) is 43.5 Å². The number of aromatic nitrogens is 2. The molecule has 0 bridgehead atoms. The van der Waals surface area contributed by atoms with Crippen molar-refractivity contribution in [2.45, 2.75) is 6.18 Å². The minimum Gasteiger partial charge on any atom is -0.497 e. The average Bonchev–Trinajstić information content (AvgIpc) is 2.83. The first-order valence-electron chi connectivity index (χ1n) is 10.0.